The van der Waals surface area contributed by atoms with Crippen LogP contribution in [0, 0.1) is 0 Å². The van der Waals surface area contributed by atoms with Gasteiger partial charge >= 0.3 is 0 Å². The number of sulfonamides is 2. The summed E-state index contributed by atoms with van der Waals surface area (Å²) in [6.45, 7) is -0.239. The molecule has 20 heavy (non-hydrogen) atoms. The molecule has 0 unspecified atom stereocenters. The second-order valence-electron chi connectivity index (χ2n) is 3.82. The van der Waals surface area contributed by atoms with Crippen LogP contribution >= 0.6 is 0 Å². The maximum absolute atomic E-state index is 11.9. The first kappa shape index (κ1) is 16.7. The van der Waals surface area contributed by atoms with E-state index in [0.29, 0.717) is 5.75 Å². The fourth-order valence-electron chi connectivity index (χ4n) is 1.38. The Bertz CT molecular complexity index is 670. The fraction of sp³-hybridized carbons (Fsp3) is 0.400. The second-order valence-corrected chi connectivity index (χ2v) is 7.64. The number of ether oxygens (including phenoxy) is 1. The summed E-state index contributed by atoms with van der Waals surface area (Å²) < 4.78 is 55.4. The molecule has 8 nitrogen and oxygen atoms in total. The Hall–Kier alpha value is -1.36. The molecule has 0 aliphatic carbocycles. The zero-order valence-corrected chi connectivity index (χ0v) is 12.7. The molecule has 0 aliphatic heterocycles. The van der Waals surface area contributed by atoms with Crippen LogP contribution in [0.1, 0.15) is 0 Å². The Morgan fingerprint density at radius 1 is 1.25 bits per heavy atom. The van der Waals surface area contributed by atoms with E-state index in [1.165, 1.54) is 32.4 Å². The summed E-state index contributed by atoms with van der Waals surface area (Å²) in [5, 5.41) is 0. The highest BCUT2D eigenvalue weighted by Gasteiger charge is 2.16. The molecule has 0 bridgehead atoms. The van der Waals surface area contributed by atoms with Gasteiger partial charge < -0.3 is 10.5 Å². The zero-order valence-electron chi connectivity index (χ0n) is 11.1. The molecule has 0 radical (unpaired) electrons. The molecule has 0 spiro atoms. The van der Waals surface area contributed by atoms with E-state index in [2.05, 4.69) is 9.44 Å². The Kier molecular flexibility index (Phi) is 5.34. The van der Waals surface area contributed by atoms with Gasteiger partial charge in [0.05, 0.1) is 23.4 Å². The van der Waals surface area contributed by atoms with E-state index in [1.54, 1.807) is 0 Å². The molecular formula is C10H17N3O5S2. The molecule has 0 aliphatic rings. The Balaban J connectivity index is 2.82. The number of methoxy groups -OCH3 is 1. The molecule has 4 N–H and O–H groups in total. The van der Waals surface area contributed by atoms with Crippen LogP contribution in [-0.2, 0) is 20.0 Å². The minimum atomic E-state index is -3.82. The summed E-state index contributed by atoms with van der Waals surface area (Å²) >= 11 is 0. The van der Waals surface area contributed by atoms with Crippen LogP contribution in [0.4, 0.5) is 5.69 Å². The summed E-state index contributed by atoms with van der Waals surface area (Å²) in [7, 11) is -4.61. The predicted molar refractivity (Wildman–Crippen MR) is 75.4 cm³/mol. The summed E-state index contributed by atoms with van der Waals surface area (Å²) in [6, 6.07) is 3.99. The smallest absolute Gasteiger partial charge is 0.240 e. The van der Waals surface area contributed by atoms with Gasteiger partial charge in [-0.3, -0.25) is 0 Å². The lowest BCUT2D eigenvalue weighted by atomic mass is 10.3. The molecule has 114 valence electrons. The van der Waals surface area contributed by atoms with Gasteiger partial charge in [0.15, 0.2) is 0 Å². The van der Waals surface area contributed by atoms with Gasteiger partial charge in [-0.25, -0.2) is 26.3 Å². The van der Waals surface area contributed by atoms with Crippen molar-refractivity contribution in [1.82, 2.24) is 9.44 Å². The normalized spacial score (nSPS) is 12.3. The van der Waals surface area contributed by atoms with Crippen molar-refractivity contribution in [2.75, 3.05) is 32.2 Å². The third-order valence-corrected chi connectivity index (χ3v) is 5.31. The molecule has 0 heterocycles. The highest BCUT2D eigenvalue weighted by molar-refractivity contribution is 7.90. The fourth-order valence-corrected chi connectivity index (χ4v) is 3.15. The number of hydrogen-bond acceptors (Lipinski definition) is 6. The number of nitrogens with two attached hydrogens (primary N) is 1. The Labute approximate surface area is 118 Å². The van der Waals surface area contributed by atoms with Crippen molar-refractivity contribution in [2.24, 2.45) is 0 Å². The molecule has 0 aromatic heterocycles. The number of benzene rings is 1. The molecule has 0 saturated carbocycles. The highest BCUT2D eigenvalue weighted by atomic mass is 32.2. The third kappa shape index (κ3) is 4.34. The van der Waals surface area contributed by atoms with Crippen molar-refractivity contribution in [3.63, 3.8) is 0 Å². The molecule has 1 aromatic carbocycles. The summed E-state index contributed by atoms with van der Waals surface area (Å²) in [5.74, 6) is 0.00988. The van der Waals surface area contributed by atoms with Gasteiger partial charge in [-0.1, -0.05) is 0 Å². The van der Waals surface area contributed by atoms with E-state index in [4.69, 9.17) is 10.5 Å². The topological polar surface area (TPSA) is 128 Å². The van der Waals surface area contributed by atoms with Gasteiger partial charge in [0.2, 0.25) is 20.0 Å². The molecule has 10 heteroatoms. The molecular weight excluding hydrogens is 306 g/mol. The van der Waals surface area contributed by atoms with Crippen LogP contribution in [0.15, 0.2) is 23.1 Å². The molecule has 0 fully saturated rings. The molecule has 1 aromatic rings. The summed E-state index contributed by atoms with van der Waals surface area (Å²) in [6.07, 6.45) is 0. The van der Waals surface area contributed by atoms with Gasteiger partial charge in [0.25, 0.3) is 0 Å². The monoisotopic (exact) mass is 323 g/mol. The zero-order chi connectivity index (χ0) is 15.4. The van der Waals surface area contributed by atoms with Crippen molar-refractivity contribution in [2.45, 2.75) is 4.90 Å². The van der Waals surface area contributed by atoms with Gasteiger partial charge in [0, 0.05) is 6.54 Å². The summed E-state index contributed by atoms with van der Waals surface area (Å²) in [5.41, 5.74) is 5.80. The third-order valence-electron chi connectivity index (χ3n) is 2.49. The first-order chi connectivity index (χ1) is 9.22. The van der Waals surface area contributed by atoms with Crippen LogP contribution in [0.3, 0.4) is 0 Å². The van der Waals surface area contributed by atoms with Crippen LogP contribution in [0.5, 0.6) is 5.75 Å². The molecule has 0 amide bonds. The van der Waals surface area contributed by atoms with E-state index in [0.717, 1.165) is 0 Å². The van der Waals surface area contributed by atoms with Crippen molar-refractivity contribution in [3.8, 4) is 5.75 Å². The van der Waals surface area contributed by atoms with Gasteiger partial charge in [-0.05, 0) is 25.2 Å². The van der Waals surface area contributed by atoms with E-state index < -0.39 is 20.0 Å². The Morgan fingerprint density at radius 2 is 1.90 bits per heavy atom. The number of rotatable bonds is 7. The first-order valence-corrected chi connectivity index (χ1v) is 8.70. The number of anilines is 1. The maximum atomic E-state index is 11.9. The number of nitrogens with one attached hydrogen (secondary N) is 2. The quantitative estimate of drug-likeness (QED) is 0.558. The van der Waals surface area contributed by atoms with Crippen molar-refractivity contribution >= 4 is 25.7 Å². The largest absolute Gasteiger partial charge is 0.495 e. The number of hydrogen-bond donors (Lipinski definition) is 3. The molecule has 0 atom stereocenters. The summed E-state index contributed by atoms with van der Waals surface area (Å²) in [4.78, 5) is -0.0577. The van der Waals surface area contributed by atoms with Crippen molar-refractivity contribution in [3.05, 3.63) is 18.2 Å². The van der Waals surface area contributed by atoms with Gasteiger partial charge in [-0.15, -0.1) is 0 Å². The Morgan fingerprint density at radius 3 is 2.40 bits per heavy atom. The second kappa shape index (κ2) is 6.39. The highest BCUT2D eigenvalue weighted by Crippen LogP contribution is 2.24. The predicted octanol–water partition coefficient (Wildman–Crippen LogP) is -0.895. The van der Waals surface area contributed by atoms with Crippen molar-refractivity contribution in [1.29, 1.82) is 0 Å². The van der Waals surface area contributed by atoms with E-state index in [9.17, 15) is 16.8 Å². The number of nitrogen functional groups attached to an aromatic ring is 1. The first-order valence-electron chi connectivity index (χ1n) is 5.56. The lowest BCUT2D eigenvalue weighted by molar-refractivity contribution is 0.416. The van der Waals surface area contributed by atoms with Crippen molar-refractivity contribution < 1.29 is 21.6 Å². The van der Waals surface area contributed by atoms with E-state index >= 15 is 0 Å². The minimum Gasteiger partial charge on any atom is -0.495 e. The standard InChI is InChI=1S/C10H17N3O5S2/c1-12-19(14,15)6-5-13-20(16,17)8-3-4-10(18-2)9(11)7-8/h3-4,7,12-13H,5-6,11H2,1-2H3. The lowest BCUT2D eigenvalue weighted by Crippen LogP contribution is -2.33. The maximum Gasteiger partial charge on any atom is 0.240 e. The van der Waals surface area contributed by atoms with E-state index in [1.807, 2.05) is 0 Å². The van der Waals surface area contributed by atoms with Crippen LogP contribution in [0.2, 0.25) is 0 Å². The van der Waals surface area contributed by atoms with Crippen LogP contribution < -0.4 is 19.9 Å². The molecule has 0 saturated heterocycles. The average molecular weight is 323 g/mol. The van der Waals surface area contributed by atoms with Gasteiger partial charge in [0.1, 0.15) is 5.75 Å². The minimum absolute atomic E-state index is 0.0577. The van der Waals surface area contributed by atoms with Crippen LogP contribution in [-0.4, -0.2) is 43.3 Å². The van der Waals surface area contributed by atoms with E-state index in [-0.39, 0.29) is 22.9 Å². The molecule has 1 rings (SSSR count). The lowest BCUT2D eigenvalue weighted by Gasteiger charge is -2.09. The van der Waals surface area contributed by atoms with Crippen LogP contribution in [0.25, 0.3) is 0 Å². The van der Waals surface area contributed by atoms with Gasteiger partial charge in [-0.2, -0.15) is 0 Å². The average Bonchev–Trinajstić information content (AvgIpc) is 2.38. The SMILES string of the molecule is CNS(=O)(=O)CCNS(=O)(=O)c1ccc(OC)c(N)c1.